The Kier molecular flexibility index (Phi) is 5.31. The van der Waals surface area contributed by atoms with Gasteiger partial charge in [0.15, 0.2) is 0 Å². The van der Waals surface area contributed by atoms with Crippen LogP contribution in [-0.2, 0) is 14.4 Å². The maximum absolute atomic E-state index is 13.8. The second kappa shape index (κ2) is 8.56. The van der Waals surface area contributed by atoms with E-state index in [1.165, 1.54) is 24.3 Å². The molecule has 37 heavy (non-hydrogen) atoms. The number of carbonyl (C=O) groups is 3. The van der Waals surface area contributed by atoms with Gasteiger partial charge in [0.1, 0.15) is 6.04 Å². The molecule has 3 heterocycles. The Morgan fingerprint density at radius 2 is 1.59 bits per heavy atom. The maximum Gasteiger partial charge on any atom is 0.269 e. The number of nitro groups is 1. The van der Waals surface area contributed by atoms with E-state index in [0.717, 1.165) is 16.2 Å². The lowest BCUT2D eigenvalue weighted by Gasteiger charge is -2.36. The van der Waals surface area contributed by atoms with E-state index in [4.69, 9.17) is 11.6 Å². The molecule has 3 aliphatic rings. The molecule has 0 aromatic heterocycles. The highest BCUT2D eigenvalue weighted by Gasteiger charge is 2.64. The van der Waals surface area contributed by atoms with Crippen LogP contribution in [0.2, 0.25) is 5.02 Å². The predicted molar refractivity (Wildman–Crippen MR) is 138 cm³/mol. The van der Waals surface area contributed by atoms with Crippen LogP contribution < -0.4 is 15.1 Å². The lowest BCUT2D eigenvalue weighted by Crippen LogP contribution is -2.50. The number of imide groups is 1. The van der Waals surface area contributed by atoms with Crippen LogP contribution in [0.25, 0.3) is 6.08 Å². The van der Waals surface area contributed by atoms with Crippen LogP contribution in [-0.4, -0.2) is 34.7 Å². The van der Waals surface area contributed by atoms with Crippen molar-refractivity contribution < 1.29 is 19.3 Å². The van der Waals surface area contributed by atoms with Crippen molar-refractivity contribution in [2.24, 2.45) is 11.8 Å². The van der Waals surface area contributed by atoms with Gasteiger partial charge in [0.2, 0.25) is 17.7 Å². The van der Waals surface area contributed by atoms with Crippen LogP contribution in [0.4, 0.5) is 22.7 Å². The summed E-state index contributed by atoms with van der Waals surface area (Å²) < 4.78 is 0. The number of rotatable bonds is 4. The molecule has 0 unspecified atom stereocenters. The molecule has 6 rings (SSSR count). The fraction of sp³-hybridized carbons (Fsp3) is 0.148. The van der Waals surface area contributed by atoms with Gasteiger partial charge in [0.25, 0.3) is 5.69 Å². The van der Waals surface area contributed by atoms with Crippen molar-refractivity contribution in [1.82, 2.24) is 0 Å². The zero-order valence-electron chi connectivity index (χ0n) is 19.2. The largest absolute Gasteiger partial charge is 0.351 e. The Balaban J connectivity index is 1.40. The van der Waals surface area contributed by atoms with Gasteiger partial charge in [0.05, 0.1) is 28.5 Å². The summed E-state index contributed by atoms with van der Waals surface area (Å²) in [5.41, 5.74) is 2.27. The molecule has 2 saturated heterocycles. The number of anilines is 3. The summed E-state index contributed by atoms with van der Waals surface area (Å²) >= 11 is 6.00. The standard InChI is InChI=1S/C27H19ClN4O5/c28-16-6-10-18(11-7-16)30-26(34)22-21-14-5-15-3-1-2-4-20(15)31(21)24(23(22)27(30)35)25(33)29-17-8-12-19(13-9-17)32(36)37/h1-14,21-24H,(H,29,33)/t21-,22+,23+,24-/m0/s1. The number of halogens is 1. The van der Waals surface area contributed by atoms with Gasteiger partial charge in [-0.3, -0.25) is 24.5 Å². The molecule has 0 bridgehead atoms. The summed E-state index contributed by atoms with van der Waals surface area (Å²) in [5, 5.41) is 14.3. The second-order valence-corrected chi connectivity index (χ2v) is 9.53. The fourth-order valence-electron chi connectivity index (χ4n) is 5.54. The Morgan fingerprint density at radius 3 is 2.30 bits per heavy atom. The minimum Gasteiger partial charge on any atom is -0.351 e. The normalized spacial score (nSPS) is 23.5. The topological polar surface area (TPSA) is 113 Å². The summed E-state index contributed by atoms with van der Waals surface area (Å²) in [7, 11) is 0. The predicted octanol–water partition coefficient (Wildman–Crippen LogP) is 4.28. The summed E-state index contributed by atoms with van der Waals surface area (Å²) in [6, 6.07) is 17.9. The van der Waals surface area contributed by atoms with E-state index in [9.17, 15) is 24.5 Å². The van der Waals surface area contributed by atoms with Crippen LogP contribution in [0.3, 0.4) is 0 Å². The molecule has 3 amide bonds. The monoisotopic (exact) mass is 514 g/mol. The Labute approximate surface area is 216 Å². The van der Waals surface area contributed by atoms with Gasteiger partial charge < -0.3 is 10.2 Å². The van der Waals surface area contributed by atoms with Gasteiger partial charge in [-0.2, -0.15) is 0 Å². The molecule has 1 N–H and O–H groups in total. The Hall–Kier alpha value is -4.50. The van der Waals surface area contributed by atoms with E-state index in [2.05, 4.69) is 5.32 Å². The molecule has 2 fully saturated rings. The average Bonchev–Trinajstić information content (AvgIpc) is 3.38. The van der Waals surface area contributed by atoms with Crippen molar-refractivity contribution in [3.63, 3.8) is 0 Å². The first-order valence-corrected chi connectivity index (χ1v) is 12.0. The summed E-state index contributed by atoms with van der Waals surface area (Å²) in [6.45, 7) is 0. The fourth-order valence-corrected chi connectivity index (χ4v) is 5.67. The SMILES string of the molecule is O=C(Nc1ccc([N+](=O)[O-])cc1)[C@@H]1[C@@H]2C(=O)N(c3ccc(Cl)cc3)C(=O)[C@@H]2[C@@H]2C=Cc3ccccc3N12. The van der Waals surface area contributed by atoms with E-state index in [0.29, 0.717) is 16.4 Å². The van der Waals surface area contributed by atoms with Crippen molar-refractivity contribution in [2.75, 3.05) is 15.1 Å². The number of nitro benzene ring substituents is 1. The van der Waals surface area contributed by atoms with Gasteiger partial charge >= 0.3 is 0 Å². The molecule has 3 aromatic rings. The van der Waals surface area contributed by atoms with E-state index < -0.39 is 40.7 Å². The summed E-state index contributed by atoms with van der Waals surface area (Å²) in [5.74, 6) is -3.00. The van der Waals surface area contributed by atoms with E-state index in [1.807, 2.05) is 41.3 Å². The molecule has 9 nitrogen and oxygen atoms in total. The van der Waals surface area contributed by atoms with E-state index in [1.54, 1.807) is 24.3 Å². The number of hydrogen-bond donors (Lipinski definition) is 1. The quantitative estimate of drug-likeness (QED) is 0.316. The second-order valence-electron chi connectivity index (χ2n) is 9.09. The number of benzene rings is 3. The lowest BCUT2D eigenvalue weighted by atomic mass is 9.88. The number of fused-ring (bicyclic) bond motifs is 5. The third-order valence-corrected chi connectivity index (χ3v) is 7.37. The molecular weight excluding hydrogens is 496 g/mol. The minimum atomic E-state index is -0.981. The summed E-state index contributed by atoms with van der Waals surface area (Å²) in [6.07, 6.45) is 3.78. The van der Waals surface area contributed by atoms with Crippen LogP contribution in [0.15, 0.2) is 78.9 Å². The van der Waals surface area contributed by atoms with Crippen molar-refractivity contribution in [2.45, 2.75) is 12.1 Å². The zero-order chi connectivity index (χ0) is 25.8. The average molecular weight is 515 g/mol. The first-order chi connectivity index (χ1) is 17.8. The molecule has 3 aliphatic heterocycles. The van der Waals surface area contributed by atoms with Gasteiger partial charge in [-0.05, 0) is 48.0 Å². The highest BCUT2D eigenvalue weighted by Crippen LogP contribution is 2.49. The first kappa shape index (κ1) is 22.9. The minimum absolute atomic E-state index is 0.107. The van der Waals surface area contributed by atoms with Crippen molar-refractivity contribution in [3.05, 3.63) is 99.6 Å². The van der Waals surface area contributed by atoms with Crippen molar-refractivity contribution >= 4 is 58.1 Å². The maximum atomic E-state index is 13.8. The molecule has 0 saturated carbocycles. The number of amides is 3. The first-order valence-electron chi connectivity index (χ1n) is 11.6. The van der Waals surface area contributed by atoms with Crippen molar-refractivity contribution in [3.8, 4) is 0 Å². The molecule has 3 aromatic carbocycles. The van der Waals surface area contributed by atoms with Gasteiger partial charge in [-0.25, -0.2) is 4.90 Å². The van der Waals surface area contributed by atoms with Crippen LogP contribution in [0.1, 0.15) is 5.56 Å². The third kappa shape index (κ3) is 3.58. The number of non-ortho nitro benzene ring substituents is 1. The molecule has 0 radical (unpaired) electrons. The Bertz CT molecular complexity index is 1490. The molecular formula is C27H19ClN4O5. The molecule has 184 valence electrons. The van der Waals surface area contributed by atoms with Crippen LogP contribution in [0, 0.1) is 22.0 Å². The van der Waals surface area contributed by atoms with Crippen molar-refractivity contribution in [1.29, 1.82) is 0 Å². The highest BCUT2D eigenvalue weighted by atomic mass is 35.5. The van der Waals surface area contributed by atoms with Crippen LogP contribution >= 0.6 is 11.6 Å². The van der Waals surface area contributed by atoms with Gasteiger partial charge in [0, 0.05) is 28.5 Å². The van der Waals surface area contributed by atoms with E-state index in [-0.39, 0.29) is 11.6 Å². The van der Waals surface area contributed by atoms with Crippen LogP contribution in [0.5, 0.6) is 0 Å². The summed E-state index contributed by atoms with van der Waals surface area (Å²) in [4.78, 5) is 54.7. The number of para-hydroxylation sites is 1. The number of nitrogens with zero attached hydrogens (tertiary/aromatic N) is 3. The Morgan fingerprint density at radius 1 is 0.919 bits per heavy atom. The lowest BCUT2D eigenvalue weighted by molar-refractivity contribution is -0.384. The van der Waals surface area contributed by atoms with E-state index >= 15 is 0 Å². The molecule has 0 spiro atoms. The van der Waals surface area contributed by atoms with Gasteiger partial charge in [-0.1, -0.05) is 42.0 Å². The smallest absolute Gasteiger partial charge is 0.269 e. The third-order valence-electron chi connectivity index (χ3n) is 7.11. The van der Waals surface area contributed by atoms with Gasteiger partial charge in [-0.15, -0.1) is 0 Å². The zero-order valence-corrected chi connectivity index (χ0v) is 19.9. The number of carbonyl (C=O) groups excluding carboxylic acids is 3. The molecule has 4 atom stereocenters. The highest BCUT2D eigenvalue weighted by molar-refractivity contribution is 6.31. The molecule has 0 aliphatic carbocycles. The number of nitrogens with one attached hydrogen (secondary N) is 1. The number of hydrogen-bond acceptors (Lipinski definition) is 6. The molecule has 10 heteroatoms.